The lowest BCUT2D eigenvalue weighted by Gasteiger charge is -2.07. The Bertz CT molecular complexity index is 353. The molecule has 0 saturated heterocycles. The third kappa shape index (κ3) is 1.99. The predicted octanol–water partition coefficient (Wildman–Crippen LogP) is 1.66. The van der Waals surface area contributed by atoms with Crippen molar-refractivity contribution in [1.82, 2.24) is 0 Å². The molecule has 0 aromatic heterocycles. The van der Waals surface area contributed by atoms with E-state index in [9.17, 15) is 8.78 Å². The molecule has 0 fully saturated rings. The van der Waals surface area contributed by atoms with Gasteiger partial charge < -0.3 is 10.6 Å². The molecule has 0 spiro atoms. The van der Waals surface area contributed by atoms with Crippen molar-refractivity contribution in [3.05, 3.63) is 29.3 Å². The van der Waals surface area contributed by atoms with Crippen LogP contribution in [0.2, 0.25) is 0 Å². The molecule has 0 atom stereocenters. The lowest BCUT2D eigenvalue weighted by Crippen LogP contribution is -2.01. The van der Waals surface area contributed by atoms with Gasteiger partial charge in [-0.1, -0.05) is 0 Å². The highest BCUT2D eigenvalue weighted by atomic mass is 19.2. The molecule has 76 valence electrons. The van der Waals surface area contributed by atoms with Crippen molar-refractivity contribution in [3.63, 3.8) is 0 Å². The maximum Gasteiger partial charge on any atom is 0.171 e. The van der Waals surface area contributed by atoms with E-state index < -0.39 is 11.6 Å². The molecule has 0 bridgehead atoms. The summed E-state index contributed by atoms with van der Waals surface area (Å²) in [4.78, 5) is 0. The van der Waals surface area contributed by atoms with Gasteiger partial charge in [0.2, 0.25) is 0 Å². The summed E-state index contributed by atoms with van der Waals surface area (Å²) in [5.74, 6) is 3.13. The average molecular weight is 200 g/mol. The Morgan fingerprint density at radius 2 is 2.21 bits per heavy atom. The molecule has 1 rings (SSSR count). The van der Waals surface area contributed by atoms with Gasteiger partial charge in [0.05, 0.1) is 18.4 Å². The largest absolute Gasteiger partial charge is 0.493 e. The van der Waals surface area contributed by atoms with Crippen molar-refractivity contribution in [2.45, 2.75) is 6.92 Å². The van der Waals surface area contributed by atoms with Crippen LogP contribution in [0.25, 0.3) is 0 Å². The maximum atomic E-state index is 13.2. The summed E-state index contributed by atoms with van der Waals surface area (Å²) < 4.78 is 31.0. The number of hydrogen-bond donors (Lipinski definition) is 1. The van der Waals surface area contributed by atoms with Crippen molar-refractivity contribution in [1.29, 1.82) is 0 Å². The first kappa shape index (κ1) is 10.4. The van der Waals surface area contributed by atoms with E-state index in [1.54, 1.807) is 6.92 Å². The Balaban J connectivity index is 3.22. The fourth-order valence-electron chi connectivity index (χ4n) is 1.02. The molecular weight excluding hydrogens is 190 g/mol. The Morgan fingerprint density at radius 1 is 1.50 bits per heavy atom. The van der Waals surface area contributed by atoms with Gasteiger partial charge in [0.15, 0.2) is 11.6 Å². The lowest BCUT2D eigenvalue weighted by atomic mass is 10.2. The Morgan fingerprint density at radius 3 is 2.79 bits per heavy atom. The molecule has 0 amide bonds. The van der Waals surface area contributed by atoms with Gasteiger partial charge in [-0.25, -0.2) is 8.78 Å². The van der Waals surface area contributed by atoms with Gasteiger partial charge in [-0.3, -0.25) is 0 Å². The van der Waals surface area contributed by atoms with E-state index in [0.29, 0.717) is 6.61 Å². The summed E-state index contributed by atoms with van der Waals surface area (Å²) in [6.07, 6.45) is 1.02. The summed E-state index contributed by atoms with van der Waals surface area (Å²) in [6.45, 7) is 2.10. The number of ether oxygens (including phenoxy) is 1. The first-order valence-corrected chi connectivity index (χ1v) is 4.04. The molecular formula is C9H10F2N2O. The third-order valence-electron chi connectivity index (χ3n) is 1.60. The van der Waals surface area contributed by atoms with Crippen molar-refractivity contribution in [2.75, 3.05) is 6.61 Å². The number of halogens is 2. The molecule has 1 aromatic rings. The first-order valence-electron chi connectivity index (χ1n) is 4.04. The van der Waals surface area contributed by atoms with E-state index in [1.807, 2.05) is 0 Å². The number of nitrogens with zero attached hydrogens (tertiary/aromatic N) is 1. The zero-order valence-corrected chi connectivity index (χ0v) is 7.63. The van der Waals surface area contributed by atoms with Crippen LogP contribution in [0.4, 0.5) is 8.78 Å². The lowest BCUT2D eigenvalue weighted by molar-refractivity contribution is 0.335. The first-order chi connectivity index (χ1) is 6.70. The van der Waals surface area contributed by atoms with Gasteiger partial charge in [-0.05, 0) is 19.1 Å². The van der Waals surface area contributed by atoms with Gasteiger partial charge in [0.1, 0.15) is 5.75 Å². The zero-order chi connectivity index (χ0) is 10.6. The molecule has 0 heterocycles. The Kier molecular flexibility index (Phi) is 3.39. The van der Waals surface area contributed by atoms with E-state index in [2.05, 4.69) is 5.10 Å². The highest BCUT2D eigenvalue weighted by Crippen LogP contribution is 2.21. The fraction of sp³-hybridized carbons (Fsp3) is 0.222. The minimum atomic E-state index is -1.01. The standard InChI is InChI=1S/C9H10F2N2O/c1-2-14-8-4-3-7(10)9(11)6(8)5-13-12/h3-5H,2,12H2,1H3. The van der Waals surface area contributed by atoms with E-state index in [1.165, 1.54) is 6.07 Å². The van der Waals surface area contributed by atoms with E-state index >= 15 is 0 Å². The van der Waals surface area contributed by atoms with Gasteiger partial charge >= 0.3 is 0 Å². The third-order valence-corrected chi connectivity index (χ3v) is 1.60. The molecule has 5 heteroatoms. The predicted molar refractivity (Wildman–Crippen MR) is 49.3 cm³/mol. The van der Waals surface area contributed by atoms with E-state index in [0.717, 1.165) is 12.3 Å². The highest BCUT2D eigenvalue weighted by Gasteiger charge is 2.12. The Labute approximate surface area is 80.2 Å². The zero-order valence-electron chi connectivity index (χ0n) is 7.63. The normalized spacial score (nSPS) is 10.8. The monoisotopic (exact) mass is 200 g/mol. The van der Waals surface area contributed by atoms with Gasteiger partial charge in [-0.2, -0.15) is 5.10 Å². The van der Waals surface area contributed by atoms with Crippen LogP contribution in [-0.4, -0.2) is 12.8 Å². The smallest absolute Gasteiger partial charge is 0.171 e. The number of nitrogens with two attached hydrogens (primary N) is 1. The topological polar surface area (TPSA) is 47.6 Å². The fourth-order valence-corrected chi connectivity index (χ4v) is 1.02. The molecule has 0 radical (unpaired) electrons. The number of hydrogen-bond acceptors (Lipinski definition) is 3. The van der Waals surface area contributed by atoms with Crippen LogP contribution in [0.3, 0.4) is 0 Å². The SMILES string of the molecule is CCOc1ccc(F)c(F)c1C=NN. The number of rotatable bonds is 3. The number of benzene rings is 1. The molecule has 0 saturated carbocycles. The summed E-state index contributed by atoms with van der Waals surface area (Å²) in [5.41, 5.74) is -0.0747. The van der Waals surface area contributed by atoms with Crippen molar-refractivity contribution in [3.8, 4) is 5.75 Å². The van der Waals surface area contributed by atoms with Crippen LogP contribution >= 0.6 is 0 Å². The van der Waals surface area contributed by atoms with Crippen LogP contribution < -0.4 is 10.6 Å². The minimum absolute atomic E-state index is 0.0747. The van der Waals surface area contributed by atoms with Crippen LogP contribution in [0.5, 0.6) is 5.75 Å². The van der Waals surface area contributed by atoms with Gasteiger partial charge in [0, 0.05) is 0 Å². The minimum Gasteiger partial charge on any atom is -0.493 e. The Hall–Kier alpha value is -1.65. The maximum absolute atomic E-state index is 13.2. The van der Waals surface area contributed by atoms with Crippen LogP contribution in [0.15, 0.2) is 17.2 Å². The highest BCUT2D eigenvalue weighted by molar-refractivity contribution is 5.83. The molecule has 0 aliphatic rings. The summed E-state index contributed by atoms with van der Waals surface area (Å²) in [6, 6.07) is 2.33. The molecule has 0 aliphatic carbocycles. The quantitative estimate of drug-likeness (QED) is 0.458. The summed E-state index contributed by atoms with van der Waals surface area (Å²) in [7, 11) is 0. The number of hydrazone groups is 1. The van der Waals surface area contributed by atoms with Crippen molar-refractivity contribution < 1.29 is 13.5 Å². The van der Waals surface area contributed by atoms with Gasteiger partial charge in [-0.15, -0.1) is 0 Å². The molecule has 0 aliphatic heterocycles. The van der Waals surface area contributed by atoms with Gasteiger partial charge in [0.25, 0.3) is 0 Å². The van der Waals surface area contributed by atoms with Crippen molar-refractivity contribution in [2.24, 2.45) is 10.9 Å². The molecule has 1 aromatic carbocycles. The second-order valence-corrected chi connectivity index (χ2v) is 2.48. The summed E-state index contributed by atoms with van der Waals surface area (Å²) >= 11 is 0. The summed E-state index contributed by atoms with van der Waals surface area (Å²) in [5, 5.41) is 3.14. The molecule has 3 nitrogen and oxygen atoms in total. The second-order valence-electron chi connectivity index (χ2n) is 2.48. The second kappa shape index (κ2) is 4.55. The molecule has 14 heavy (non-hydrogen) atoms. The van der Waals surface area contributed by atoms with Crippen LogP contribution in [-0.2, 0) is 0 Å². The van der Waals surface area contributed by atoms with E-state index in [-0.39, 0.29) is 11.3 Å². The average Bonchev–Trinajstić information content (AvgIpc) is 2.18. The molecule has 2 N–H and O–H groups in total. The molecule has 0 unspecified atom stereocenters. The van der Waals surface area contributed by atoms with Crippen LogP contribution in [0, 0.1) is 11.6 Å². The van der Waals surface area contributed by atoms with E-state index in [4.69, 9.17) is 10.6 Å². The van der Waals surface area contributed by atoms with Crippen LogP contribution in [0.1, 0.15) is 12.5 Å². The van der Waals surface area contributed by atoms with Crippen molar-refractivity contribution >= 4 is 6.21 Å².